The summed E-state index contributed by atoms with van der Waals surface area (Å²) in [5.74, 6) is -0.107. The first-order chi connectivity index (χ1) is 13.7. The Bertz CT molecular complexity index is 1190. The lowest BCUT2D eigenvalue weighted by Crippen LogP contribution is -2.39. The van der Waals surface area contributed by atoms with Crippen molar-refractivity contribution < 1.29 is 9.52 Å². The van der Waals surface area contributed by atoms with Gasteiger partial charge in [0.2, 0.25) is 0 Å². The predicted octanol–water partition coefficient (Wildman–Crippen LogP) is 2.67. The number of phenolic OH excluding ortho intramolecular Hbond substituents is 1. The number of H-pyrrole nitrogens is 1. The van der Waals surface area contributed by atoms with Crippen molar-refractivity contribution in [3.63, 3.8) is 0 Å². The normalized spacial score (nSPS) is 17.1. The van der Waals surface area contributed by atoms with Gasteiger partial charge in [-0.05, 0) is 29.8 Å². The molecule has 1 aliphatic rings. The summed E-state index contributed by atoms with van der Waals surface area (Å²) < 4.78 is 7.02. The van der Waals surface area contributed by atoms with Gasteiger partial charge in [-0.1, -0.05) is 24.3 Å². The van der Waals surface area contributed by atoms with Crippen LogP contribution in [0.2, 0.25) is 0 Å². The summed E-state index contributed by atoms with van der Waals surface area (Å²) in [5, 5.41) is 9.96. The summed E-state index contributed by atoms with van der Waals surface area (Å²) in [6.45, 7) is 2.01. The number of hydrogen-bond acceptors (Lipinski definition) is 5. The average molecular weight is 376 g/mol. The molecule has 142 valence electrons. The maximum atomic E-state index is 12.3. The average Bonchev–Trinajstić information content (AvgIpc) is 3.29. The standard InChI is InChI=1S/C21H20N4O3/c26-15-5-3-4-14(12-15)20-19-16(22-13-23-19)8-9-24(20)10-11-25-17-6-1-2-7-18(17)28-21(25)27/h1-7,12-13,20,26H,8-11H2,(H,22,23). The Morgan fingerprint density at radius 1 is 1.18 bits per heavy atom. The Morgan fingerprint density at radius 2 is 2.07 bits per heavy atom. The molecule has 0 bridgehead atoms. The van der Waals surface area contributed by atoms with Gasteiger partial charge in [-0.3, -0.25) is 9.47 Å². The molecule has 7 heteroatoms. The van der Waals surface area contributed by atoms with E-state index in [1.54, 1.807) is 29.1 Å². The first-order valence-electron chi connectivity index (χ1n) is 9.34. The van der Waals surface area contributed by atoms with Crippen LogP contribution in [0.25, 0.3) is 11.1 Å². The minimum atomic E-state index is -0.340. The maximum Gasteiger partial charge on any atom is 0.419 e. The largest absolute Gasteiger partial charge is 0.508 e. The molecule has 7 nitrogen and oxygen atoms in total. The molecule has 1 unspecified atom stereocenters. The molecule has 4 aromatic rings. The van der Waals surface area contributed by atoms with Gasteiger partial charge in [-0.15, -0.1) is 0 Å². The summed E-state index contributed by atoms with van der Waals surface area (Å²) in [6.07, 6.45) is 2.59. The highest BCUT2D eigenvalue weighted by Gasteiger charge is 2.31. The Balaban J connectivity index is 1.48. The molecular formula is C21H20N4O3. The lowest BCUT2D eigenvalue weighted by Gasteiger charge is -2.35. The molecule has 28 heavy (non-hydrogen) atoms. The number of rotatable bonds is 4. The molecule has 0 fully saturated rings. The van der Waals surface area contributed by atoms with Gasteiger partial charge in [0, 0.05) is 31.7 Å². The zero-order valence-corrected chi connectivity index (χ0v) is 15.2. The van der Waals surface area contributed by atoms with E-state index < -0.39 is 0 Å². The highest BCUT2D eigenvalue weighted by Crippen LogP contribution is 2.34. The second-order valence-electron chi connectivity index (χ2n) is 7.04. The number of aromatic hydroxyl groups is 1. The van der Waals surface area contributed by atoms with Gasteiger partial charge < -0.3 is 14.5 Å². The third kappa shape index (κ3) is 2.80. The van der Waals surface area contributed by atoms with Crippen molar-refractivity contribution in [3.8, 4) is 5.75 Å². The summed E-state index contributed by atoms with van der Waals surface area (Å²) in [7, 11) is 0. The molecule has 5 rings (SSSR count). The summed E-state index contributed by atoms with van der Waals surface area (Å²) in [5.41, 5.74) is 4.48. The number of benzene rings is 2. The Kier molecular flexibility index (Phi) is 4.02. The Morgan fingerprint density at radius 3 is 2.96 bits per heavy atom. The molecule has 0 aliphatic carbocycles. The molecule has 0 spiro atoms. The van der Waals surface area contributed by atoms with Crippen molar-refractivity contribution in [2.45, 2.75) is 19.0 Å². The first kappa shape index (κ1) is 16.8. The van der Waals surface area contributed by atoms with Crippen LogP contribution >= 0.6 is 0 Å². The van der Waals surface area contributed by atoms with Crippen LogP contribution in [0.5, 0.6) is 5.75 Å². The molecule has 1 atom stereocenters. The smallest absolute Gasteiger partial charge is 0.419 e. The van der Waals surface area contributed by atoms with E-state index in [4.69, 9.17) is 4.42 Å². The van der Waals surface area contributed by atoms with Crippen LogP contribution in [0.15, 0.2) is 64.1 Å². The molecule has 1 aliphatic heterocycles. The van der Waals surface area contributed by atoms with Crippen molar-refractivity contribution in [2.24, 2.45) is 0 Å². The molecule has 2 aromatic carbocycles. The second kappa shape index (κ2) is 6.69. The number of aromatic amines is 1. The number of nitrogens with zero attached hydrogens (tertiary/aromatic N) is 3. The zero-order chi connectivity index (χ0) is 19.1. The van der Waals surface area contributed by atoms with Gasteiger partial charge in [-0.25, -0.2) is 9.78 Å². The molecule has 0 amide bonds. The Hall–Kier alpha value is -3.32. The lowest BCUT2D eigenvalue weighted by molar-refractivity contribution is 0.200. The number of aromatic nitrogens is 3. The topological polar surface area (TPSA) is 87.3 Å². The van der Waals surface area contributed by atoms with Crippen LogP contribution in [0, 0.1) is 0 Å². The predicted molar refractivity (Wildman–Crippen MR) is 104 cm³/mol. The van der Waals surface area contributed by atoms with Gasteiger partial charge >= 0.3 is 5.76 Å². The second-order valence-corrected chi connectivity index (χ2v) is 7.04. The van der Waals surface area contributed by atoms with E-state index in [0.717, 1.165) is 35.4 Å². The van der Waals surface area contributed by atoms with Gasteiger partial charge in [0.1, 0.15) is 5.75 Å². The van der Waals surface area contributed by atoms with Crippen LogP contribution in [0.4, 0.5) is 0 Å². The number of hydrogen-bond donors (Lipinski definition) is 2. The van der Waals surface area contributed by atoms with Crippen LogP contribution in [0.1, 0.15) is 23.0 Å². The fraction of sp³-hybridized carbons (Fsp3) is 0.238. The molecule has 3 heterocycles. The monoisotopic (exact) mass is 376 g/mol. The van der Waals surface area contributed by atoms with Gasteiger partial charge in [-0.2, -0.15) is 0 Å². The third-order valence-electron chi connectivity index (χ3n) is 5.40. The van der Waals surface area contributed by atoms with E-state index in [1.807, 2.05) is 30.3 Å². The van der Waals surface area contributed by atoms with Gasteiger partial charge in [0.25, 0.3) is 0 Å². The Labute approximate surface area is 160 Å². The molecule has 2 N–H and O–H groups in total. The number of phenols is 1. The van der Waals surface area contributed by atoms with Crippen molar-refractivity contribution in [2.75, 3.05) is 13.1 Å². The van der Waals surface area contributed by atoms with Crippen molar-refractivity contribution >= 4 is 11.1 Å². The number of nitrogens with one attached hydrogen (secondary N) is 1. The summed E-state index contributed by atoms with van der Waals surface area (Å²) >= 11 is 0. The van der Waals surface area contributed by atoms with Crippen molar-refractivity contribution in [1.29, 1.82) is 0 Å². The van der Waals surface area contributed by atoms with E-state index in [-0.39, 0.29) is 17.5 Å². The minimum absolute atomic E-state index is 0.0732. The van der Waals surface area contributed by atoms with E-state index >= 15 is 0 Å². The van der Waals surface area contributed by atoms with E-state index in [9.17, 15) is 9.90 Å². The van der Waals surface area contributed by atoms with Crippen LogP contribution in [0.3, 0.4) is 0 Å². The van der Waals surface area contributed by atoms with E-state index in [1.165, 1.54) is 0 Å². The lowest BCUT2D eigenvalue weighted by atomic mass is 9.95. The SMILES string of the molecule is O=c1oc2ccccc2n1CCN1CCc2[nH]cnc2C1c1cccc(O)c1. The summed E-state index contributed by atoms with van der Waals surface area (Å²) in [4.78, 5) is 22.4. The molecule has 0 saturated heterocycles. The number of imidazole rings is 1. The molecule has 0 saturated carbocycles. The number of fused-ring (bicyclic) bond motifs is 2. The summed E-state index contributed by atoms with van der Waals surface area (Å²) in [6, 6.07) is 14.7. The zero-order valence-electron chi connectivity index (χ0n) is 15.2. The number of para-hydroxylation sites is 2. The minimum Gasteiger partial charge on any atom is -0.508 e. The van der Waals surface area contributed by atoms with Gasteiger partial charge in [0.15, 0.2) is 5.58 Å². The van der Waals surface area contributed by atoms with Crippen molar-refractivity contribution in [3.05, 3.63) is 82.4 Å². The van der Waals surface area contributed by atoms with E-state index in [2.05, 4.69) is 14.9 Å². The van der Waals surface area contributed by atoms with Gasteiger partial charge in [0.05, 0.1) is 23.6 Å². The third-order valence-corrected chi connectivity index (χ3v) is 5.40. The highest BCUT2D eigenvalue weighted by atomic mass is 16.4. The fourth-order valence-electron chi connectivity index (χ4n) is 4.08. The maximum absolute atomic E-state index is 12.3. The highest BCUT2D eigenvalue weighted by molar-refractivity contribution is 5.72. The fourth-order valence-corrected chi connectivity index (χ4v) is 4.08. The molecular weight excluding hydrogens is 356 g/mol. The van der Waals surface area contributed by atoms with Crippen LogP contribution < -0.4 is 5.76 Å². The molecule has 2 aromatic heterocycles. The first-order valence-corrected chi connectivity index (χ1v) is 9.34. The van der Waals surface area contributed by atoms with Crippen molar-refractivity contribution in [1.82, 2.24) is 19.4 Å². The number of oxazole rings is 1. The van der Waals surface area contributed by atoms with Crippen LogP contribution in [-0.2, 0) is 13.0 Å². The quantitative estimate of drug-likeness (QED) is 0.572. The molecule has 0 radical (unpaired) electrons. The van der Waals surface area contributed by atoms with Crippen LogP contribution in [-0.4, -0.2) is 37.6 Å². The van der Waals surface area contributed by atoms with E-state index in [0.29, 0.717) is 18.7 Å².